The third-order valence-electron chi connectivity index (χ3n) is 5.24. The van der Waals surface area contributed by atoms with E-state index in [-0.39, 0.29) is 12.2 Å². The van der Waals surface area contributed by atoms with Crippen molar-refractivity contribution in [3.05, 3.63) is 57.3 Å². The van der Waals surface area contributed by atoms with Crippen molar-refractivity contribution in [2.24, 2.45) is 16.9 Å². The summed E-state index contributed by atoms with van der Waals surface area (Å²) in [6, 6.07) is 7.41. The lowest BCUT2D eigenvalue weighted by Crippen LogP contribution is -2.45. The molecule has 0 radical (unpaired) electrons. The molecule has 150 valence electrons. The summed E-state index contributed by atoms with van der Waals surface area (Å²) < 4.78 is 6.13. The number of nitrogens with two attached hydrogens (primary N) is 2. The Balaban J connectivity index is 2.30. The minimum absolute atomic E-state index is 0.0708. The van der Waals surface area contributed by atoms with Crippen LogP contribution in [0.2, 0.25) is 0 Å². The lowest BCUT2D eigenvalue weighted by atomic mass is 9.68. The Labute approximate surface area is 181 Å². The Hall–Kier alpha value is -2.87. The topological polar surface area (TPSA) is 140 Å². The lowest BCUT2D eigenvalue weighted by molar-refractivity contribution is -0.153. The first-order valence-electron chi connectivity index (χ1n) is 8.88. The number of hydrogen-bond acceptors (Lipinski definition) is 6. The Kier molecular flexibility index (Phi) is 5.66. The van der Waals surface area contributed by atoms with E-state index in [4.69, 9.17) is 16.2 Å². The highest BCUT2D eigenvalue weighted by Gasteiger charge is 2.66. The fourth-order valence-corrected chi connectivity index (χ4v) is 4.67. The summed E-state index contributed by atoms with van der Waals surface area (Å²) in [5.74, 6) is -3.07. The van der Waals surface area contributed by atoms with Crippen LogP contribution in [0.5, 0.6) is 0 Å². The van der Waals surface area contributed by atoms with E-state index in [1.54, 1.807) is 25.1 Å². The number of nitriles is 1. The van der Waals surface area contributed by atoms with Crippen LogP contribution in [0.4, 0.5) is 0 Å². The molecule has 2 amide bonds. The van der Waals surface area contributed by atoms with Crippen molar-refractivity contribution < 1.29 is 19.1 Å². The second-order valence-electron chi connectivity index (χ2n) is 6.78. The largest absolute Gasteiger partial charge is 0.465 e. The third kappa shape index (κ3) is 3.27. The average molecular weight is 506 g/mol. The molecule has 1 aromatic carbocycles. The SMILES string of the molecule is CCOC(=O)[C@@]1(C#N)[C@H](c2cccc(I)c2)[C@@H](C(N)=O)N2C=C(C(N)=O)C=C[C@@H]21. The molecule has 0 spiro atoms. The number of carbonyl (C=O) groups excluding carboxylic acids is 3. The molecule has 0 unspecified atom stereocenters. The monoisotopic (exact) mass is 506 g/mol. The van der Waals surface area contributed by atoms with Gasteiger partial charge in [-0.05, 0) is 53.3 Å². The van der Waals surface area contributed by atoms with Crippen LogP contribution in [0.3, 0.4) is 0 Å². The minimum Gasteiger partial charge on any atom is -0.465 e. The van der Waals surface area contributed by atoms with Gasteiger partial charge in [0.05, 0.1) is 24.3 Å². The van der Waals surface area contributed by atoms with Gasteiger partial charge in [-0.1, -0.05) is 18.2 Å². The van der Waals surface area contributed by atoms with Crippen LogP contribution in [0.1, 0.15) is 18.4 Å². The van der Waals surface area contributed by atoms with Gasteiger partial charge in [-0.2, -0.15) is 5.26 Å². The van der Waals surface area contributed by atoms with E-state index in [0.29, 0.717) is 5.56 Å². The molecule has 2 heterocycles. The fraction of sp³-hybridized carbons (Fsp3) is 0.300. The average Bonchev–Trinajstić information content (AvgIpc) is 2.99. The molecular weight excluding hydrogens is 487 g/mol. The Morgan fingerprint density at radius 3 is 2.62 bits per heavy atom. The van der Waals surface area contributed by atoms with Crippen LogP contribution in [-0.4, -0.2) is 41.4 Å². The van der Waals surface area contributed by atoms with Crippen LogP contribution in [0.25, 0.3) is 0 Å². The van der Waals surface area contributed by atoms with Gasteiger partial charge in [-0.25, -0.2) is 0 Å². The highest BCUT2D eigenvalue weighted by atomic mass is 127. The van der Waals surface area contributed by atoms with Gasteiger partial charge in [0, 0.05) is 15.7 Å². The van der Waals surface area contributed by atoms with Crippen LogP contribution in [0, 0.1) is 20.3 Å². The summed E-state index contributed by atoms with van der Waals surface area (Å²) >= 11 is 2.11. The molecule has 0 aromatic heterocycles. The van der Waals surface area contributed by atoms with Gasteiger partial charge < -0.3 is 21.1 Å². The van der Waals surface area contributed by atoms with E-state index in [2.05, 4.69) is 28.7 Å². The predicted molar refractivity (Wildman–Crippen MR) is 112 cm³/mol. The summed E-state index contributed by atoms with van der Waals surface area (Å²) in [5, 5.41) is 10.3. The van der Waals surface area contributed by atoms with Gasteiger partial charge in [-0.15, -0.1) is 0 Å². The lowest BCUT2D eigenvalue weighted by Gasteiger charge is -2.32. The molecule has 8 nitrogen and oxygen atoms in total. The molecule has 4 atom stereocenters. The summed E-state index contributed by atoms with van der Waals surface area (Å²) in [6.07, 6.45) is 4.37. The third-order valence-corrected chi connectivity index (χ3v) is 5.91. The highest BCUT2D eigenvalue weighted by Crippen LogP contribution is 2.53. The van der Waals surface area contributed by atoms with E-state index in [1.807, 2.05) is 6.07 Å². The van der Waals surface area contributed by atoms with Crippen LogP contribution in [-0.2, 0) is 19.1 Å². The van der Waals surface area contributed by atoms with Crippen molar-refractivity contribution in [3.63, 3.8) is 0 Å². The van der Waals surface area contributed by atoms with Crippen molar-refractivity contribution in [2.45, 2.75) is 24.9 Å². The van der Waals surface area contributed by atoms with Crippen molar-refractivity contribution in [2.75, 3.05) is 6.61 Å². The zero-order valence-electron chi connectivity index (χ0n) is 15.5. The van der Waals surface area contributed by atoms with E-state index in [0.717, 1.165) is 3.57 Å². The molecule has 1 saturated heterocycles. The van der Waals surface area contributed by atoms with Crippen molar-refractivity contribution in [3.8, 4) is 6.07 Å². The number of nitrogens with zero attached hydrogens (tertiary/aromatic N) is 2. The molecule has 4 N–H and O–H groups in total. The summed E-state index contributed by atoms with van der Waals surface area (Å²) in [5.41, 5.74) is 10.1. The number of esters is 1. The zero-order valence-corrected chi connectivity index (χ0v) is 17.7. The van der Waals surface area contributed by atoms with Gasteiger partial charge in [-0.3, -0.25) is 14.4 Å². The van der Waals surface area contributed by atoms with Gasteiger partial charge >= 0.3 is 5.97 Å². The first-order valence-corrected chi connectivity index (χ1v) is 9.96. The number of amides is 2. The molecule has 0 bridgehead atoms. The van der Waals surface area contributed by atoms with Crippen LogP contribution < -0.4 is 11.5 Å². The summed E-state index contributed by atoms with van der Waals surface area (Å²) in [7, 11) is 0. The predicted octanol–water partition coefficient (Wildman–Crippen LogP) is 0.925. The van der Waals surface area contributed by atoms with Crippen molar-refractivity contribution in [1.82, 2.24) is 4.90 Å². The quantitative estimate of drug-likeness (QED) is 0.450. The molecule has 0 aliphatic carbocycles. The second-order valence-corrected chi connectivity index (χ2v) is 8.03. The second kappa shape index (κ2) is 7.87. The van der Waals surface area contributed by atoms with E-state index in [9.17, 15) is 19.6 Å². The highest BCUT2D eigenvalue weighted by molar-refractivity contribution is 14.1. The molecule has 0 saturated carbocycles. The van der Waals surface area contributed by atoms with Crippen molar-refractivity contribution >= 4 is 40.4 Å². The molecule has 2 aliphatic rings. The van der Waals surface area contributed by atoms with Crippen molar-refractivity contribution in [1.29, 1.82) is 5.26 Å². The zero-order chi connectivity index (χ0) is 21.3. The smallest absolute Gasteiger partial charge is 0.329 e. The number of rotatable bonds is 5. The Bertz CT molecular complexity index is 983. The molecule has 29 heavy (non-hydrogen) atoms. The number of benzene rings is 1. The van der Waals surface area contributed by atoms with Gasteiger partial charge in [0.1, 0.15) is 6.04 Å². The van der Waals surface area contributed by atoms with Crippen LogP contribution in [0.15, 0.2) is 48.2 Å². The number of hydrogen-bond donors (Lipinski definition) is 2. The maximum atomic E-state index is 13.1. The maximum Gasteiger partial charge on any atom is 0.329 e. The molecular formula is C20H19IN4O4. The van der Waals surface area contributed by atoms with Crippen LogP contribution >= 0.6 is 22.6 Å². The Morgan fingerprint density at radius 2 is 2.07 bits per heavy atom. The molecule has 9 heteroatoms. The number of halogens is 1. The van der Waals surface area contributed by atoms with E-state index >= 15 is 0 Å². The standard InChI is InChI=1S/C20H19IN4O4/c1-2-29-19(28)20(10-22)14-7-6-12(17(23)26)9-25(14)16(18(24)27)15(20)11-4-3-5-13(21)8-11/h3-9,14-16H,2H2,1H3,(H2,23,26)(H2,24,27)/t14-,15-,16+,20-/m1/s1. The normalized spacial score (nSPS) is 27.6. The van der Waals surface area contributed by atoms with E-state index in [1.165, 1.54) is 23.3 Å². The summed E-state index contributed by atoms with van der Waals surface area (Å²) in [4.78, 5) is 38.8. The molecule has 1 fully saturated rings. The number of ether oxygens (including phenoxy) is 1. The van der Waals surface area contributed by atoms with E-state index < -0.39 is 41.2 Å². The number of carbonyl (C=O) groups is 3. The van der Waals surface area contributed by atoms with Gasteiger partial charge in [0.15, 0.2) is 5.41 Å². The first-order chi connectivity index (χ1) is 13.8. The fourth-order valence-electron chi connectivity index (χ4n) is 4.11. The number of fused-ring (bicyclic) bond motifs is 1. The molecule has 3 rings (SSSR count). The number of primary amides is 2. The van der Waals surface area contributed by atoms with Gasteiger partial charge in [0.2, 0.25) is 11.8 Å². The summed E-state index contributed by atoms with van der Waals surface area (Å²) in [6.45, 7) is 1.71. The molecule has 2 aliphatic heterocycles. The minimum atomic E-state index is -1.74. The molecule has 1 aromatic rings. The Morgan fingerprint density at radius 1 is 1.34 bits per heavy atom. The van der Waals surface area contributed by atoms with Gasteiger partial charge in [0.25, 0.3) is 0 Å². The first kappa shape index (κ1) is 20.9. The maximum absolute atomic E-state index is 13.1.